The van der Waals surface area contributed by atoms with E-state index in [4.69, 9.17) is 11.6 Å². The minimum absolute atomic E-state index is 0.213. The van der Waals surface area contributed by atoms with Crippen LogP contribution in [0.25, 0.3) is 0 Å². The largest absolute Gasteiger partial charge is 0.205 e. The number of benzene rings is 1. The predicted octanol–water partition coefficient (Wildman–Crippen LogP) is 4.69. The van der Waals surface area contributed by atoms with Crippen LogP contribution in [-0.2, 0) is 6.42 Å². The summed E-state index contributed by atoms with van der Waals surface area (Å²) in [6.07, 6.45) is 0.731. The van der Waals surface area contributed by atoms with Gasteiger partial charge < -0.3 is 0 Å². The Labute approximate surface area is 104 Å². The standard InChI is InChI=1S/C12H15BrClF/c1-8(2)10(7-13)6-9-4-3-5-11(14)12(9)15/h3-5,8,10H,6-7H2,1-2H3. The normalized spacial score (nSPS) is 13.2. The second kappa shape index (κ2) is 5.86. The van der Waals surface area contributed by atoms with Gasteiger partial charge in [0.15, 0.2) is 0 Å². The lowest BCUT2D eigenvalue weighted by molar-refractivity contribution is 0.420. The second-order valence-electron chi connectivity index (χ2n) is 4.08. The predicted molar refractivity (Wildman–Crippen MR) is 67.2 cm³/mol. The molecule has 1 aromatic rings. The van der Waals surface area contributed by atoms with E-state index in [0.29, 0.717) is 17.4 Å². The van der Waals surface area contributed by atoms with Crippen molar-refractivity contribution in [3.05, 3.63) is 34.6 Å². The molecular formula is C12H15BrClF. The molecule has 15 heavy (non-hydrogen) atoms. The van der Waals surface area contributed by atoms with Crippen molar-refractivity contribution < 1.29 is 4.39 Å². The minimum atomic E-state index is -0.272. The molecule has 0 nitrogen and oxygen atoms in total. The van der Waals surface area contributed by atoms with E-state index in [1.807, 2.05) is 0 Å². The van der Waals surface area contributed by atoms with Gasteiger partial charge in [-0.1, -0.05) is 53.5 Å². The third kappa shape index (κ3) is 3.46. The van der Waals surface area contributed by atoms with Gasteiger partial charge in [-0.3, -0.25) is 0 Å². The summed E-state index contributed by atoms with van der Waals surface area (Å²) in [5, 5.41) is 1.10. The van der Waals surface area contributed by atoms with Crippen molar-refractivity contribution in [2.45, 2.75) is 20.3 Å². The first kappa shape index (κ1) is 13.0. The van der Waals surface area contributed by atoms with E-state index < -0.39 is 0 Å². The Kier molecular flexibility index (Phi) is 5.07. The SMILES string of the molecule is CC(C)C(CBr)Cc1cccc(Cl)c1F. The van der Waals surface area contributed by atoms with E-state index in [0.717, 1.165) is 11.8 Å². The molecule has 0 aromatic heterocycles. The van der Waals surface area contributed by atoms with Crippen LogP contribution in [0.2, 0.25) is 5.02 Å². The summed E-state index contributed by atoms with van der Waals surface area (Å²) in [6.45, 7) is 4.29. The third-order valence-corrected chi connectivity index (χ3v) is 3.78. The molecular weight excluding hydrogens is 278 g/mol. The van der Waals surface area contributed by atoms with Crippen LogP contribution in [-0.4, -0.2) is 5.33 Å². The lowest BCUT2D eigenvalue weighted by Gasteiger charge is -2.18. The van der Waals surface area contributed by atoms with Crippen molar-refractivity contribution in [1.29, 1.82) is 0 Å². The summed E-state index contributed by atoms with van der Waals surface area (Å²) in [6, 6.07) is 5.19. The summed E-state index contributed by atoms with van der Waals surface area (Å²) < 4.78 is 13.6. The highest BCUT2D eigenvalue weighted by molar-refractivity contribution is 9.09. The summed E-state index contributed by atoms with van der Waals surface area (Å²) in [5.74, 6) is 0.700. The van der Waals surface area contributed by atoms with E-state index in [1.54, 1.807) is 18.2 Å². The van der Waals surface area contributed by atoms with E-state index >= 15 is 0 Å². The smallest absolute Gasteiger partial charge is 0.144 e. The molecule has 0 saturated carbocycles. The first-order valence-corrected chi connectivity index (χ1v) is 6.55. The van der Waals surface area contributed by atoms with Gasteiger partial charge >= 0.3 is 0 Å². The zero-order chi connectivity index (χ0) is 11.4. The van der Waals surface area contributed by atoms with Crippen molar-refractivity contribution in [3.8, 4) is 0 Å². The average Bonchev–Trinajstić information content (AvgIpc) is 2.19. The Morgan fingerprint density at radius 1 is 1.40 bits per heavy atom. The van der Waals surface area contributed by atoms with Gasteiger partial charge in [0.05, 0.1) is 5.02 Å². The van der Waals surface area contributed by atoms with Crippen LogP contribution >= 0.6 is 27.5 Å². The molecule has 0 fully saturated rings. The fourth-order valence-electron chi connectivity index (χ4n) is 1.46. The number of halogens is 3. The van der Waals surface area contributed by atoms with Crippen LogP contribution in [0.4, 0.5) is 4.39 Å². The molecule has 0 spiro atoms. The Bertz CT molecular complexity index is 325. The molecule has 1 atom stereocenters. The molecule has 0 amide bonds. The maximum atomic E-state index is 13.6. The molecule has 0 heterocycles. The van der Waals surface area contributed by atoms with Gasteiger partial charge in [-0.25, -0.2) is 4.39 Å². The molecule has 0 radical (unpaired) electrons. The fourth-order valence-corrected chi connectivity index (χ4v) is 2.63. The van der Waals surface area contributed by atoms with Gasteiger partial charge in [0.2, 0.25) is 0 Å². The van der Waals surface area contributed by atoms with Crippen LogP contribution in [0.5, 0.6) is 0 Å². The molecule has 0 aliphatic rings. The van der Waals surface area contributed by atoms with Crippen LogP contribution < -0.4 is 0 Å². The Morgan fingerprint density at radius 3 is 2.60 bits per heavy atom. The molecule has 0 saturated heterocycles. The molecule has 1 aromatic carbocycles. The molecule has 1 unspecified atom stereocenters. The molecule has 84 valence electrons. The van der Waals surface area contributed by atoms with Crippen LogP contribution in [0.3, 0.4) is 0 Å². The summed E-state index contributed by atoms with van der Waals surface area (Å²) >= 11 is 9.19. The Hall–Kier alpha value is -0.0800. The molecule has 3 heteroatoms. The maximum absolute atomic E-state index is 13.6. The van der Waals surface area contributed by atoms with Gasteiger partial charge in [-0.2, -0.15) is 0 Å². The van der Waals surface area contributed by atoms with Crippen molar-refractivity contribution in [2.75, 3.05) is 5.33 Å². The zero-order valence-electron chi connectivity index (χ0n) is 8.93. The number of hydrogen-bond donors (Lipinski definition) is 0. The maximum Gasteiger partial charge on any atom is 0.144 e. The first-order valence-electron chi connectivity index (χ1n) is 5.05. The van der Waals surface area contributed by atoms with Gasteiger partial charge in [0, 0.05) is 5.33 Å². The van der Waals surface area contributed by atoms with Crippen LogP contribution in [0, 0.1) is 17.7 Å². The summed E-state index contributed by atoms with van der Waals surface area (Å²) in [5.41, 5.74) is 0.709. The molecule has 0 N–H and O–H groups in total. The number of hydrogen-bond acceptors (Lipinski definition) is 0. The Balaban J connectivity index is 2.84. The summed E-state index contributed by atoms with van der Waals surface area (Å²) in [7, 11) is 0. The molecule has 0 aliphatic heterocycles. The number of rotatable bonds is 4. The van der Waals surface area contributed by atoms with Gasteiger partial charge in [0.25, 0.3) is 0 Å². The molecule has 0 aliphatic carbocycles. The Morgan fingerprint density at radius 2 is 2.07 bits per heavy atom. The topological polar surface area (TPSA) is 0 Å². The van der Waals surface area contributed by atoms with E-state index in [2.05, 4.69) is 29.8 Å². The van der Waals surface area contributed by atoms with E-state index in [9.17, 15) is 4.39 Å². The van der Waals surface area contributed by atoms with Gasteiger partial charge in [-0.05, 0) is 29.9 Å². The van der Waals surface area contributed by atoms with Crippen LogP contribution in [0.15, 0.2) is 18.2 Å². The highest BCUT2D eigenvalue weighted by atomic mass is 79.9. The van der Waals surface area contributed by atoms with Crippen molar-refractivity contribution >= 4 is 27.5 Å². The highest BCUT2D eigenvalue weighted by Crippen LogP contribution is 2.24. The zero-order valence-corrected chi connectivity index (χ0v) is 11.3. The quantitative estimate of drug-likeness (QED) is 0.707. The van der Waals surface area contributed by atoms with Gasteiger partial charge in [-0.15, -0.1) is 0 Å². The minimum Gasteiger partial charge on any atom is -0.205 e. The fraction of sp³-hybridized carbons (Fsp3) is 0.500. The highest BCUT2D eigenvalue weighted by Gasteiger charge is 2.15. The van der Waals surface area contributed by atoms with Gasteiger partial charge in [0.1, 0.15) is 5.82 Å². The van der Waals surface area contributed by atoms with Crippen molar-refractivity contribution in [3.63, 3.8) is 0 Å². The molecule has 0 bridgehead atoms. The lowest BCUT2D eigenvalue weighted by Crippen LogP contribution is -2.14. The second-order valence-corrected chi connectivity index (χ2v) is 5.13. The monoisotopic (exact) mass is 292 g/mol. The molecule has 1 rings (SSSR count). The van der Waals surface area contributed by atoms with Crippen molar-refractivity contribution in [1.82, 2.24) is 0 Å². The lowest BCUT2D eigenvalue weighted by atomic mass is 9.91. The van der Waals surface area contributed by atoms with Crippen molar-refractivity contribution in [2.24, 2.45) is 11.8 Å². The average molecular weight is 294 g/mol. The first-order chi connectivity index (χ1) is 7.06. The van der Waals surface area contributed by atoms with E-state index in [1.165, 1.54) is 0 Å². The number of alkyl halides is 1. The van der Waals surface area contributed by atoms with E-state index in [-0.39, 0.29) is 10.8 Å². The third-order valence-electron chi connectivity index (χ3n) is 2.65. The summed E-state index contributed by atoms with van der Waals surface area (Å²) in [4.78, 5) is 0. The van der Waals surface area contributed by atoms with Crippen LogP contribution in [0.1, 0.15) is 19.4 Å².